The monoisotopic (exact) mass is 474 g/mol. The summed E-state index contributed by atoms with van der Waals surface area (Å²) in [5.41, 5.74) is 3.19. The number of benzene rings is 4. The van der Waals surface area contributed by atoms with E-state index < -0.39 is 23.3 Å². The molecule has 0 radical (unpaired) electrons. The van der Waals surface area contributed by atoms with Crippen LogP contribution in [0.2, 0.25) is 0 Å². The van der Waals surface area contributed by atoms with Crippen LogP contribution in [0.1, 0.15) is 16.7 Å². The fourth-order valence-electron chi connectivity index (χ4n) is 3.62. The number of hydrogen-bond acceptors (Lipinski definition) is 1. The van der Waals surface area contributed by atoms with Crippen LogP contribution in [0.3, 0.4) is 0 Å². The van der Waals surface area contributed by atoms with E-state index in [1.54, 1.807) is 54.6 Å². The lowest BCUT2D eigenvalue weighted by Gasteiger charge is -2.10. The molecule has 0 unspecified atom stereocenters. The number of rotatable bonds is 7. The van der Waals surface area contributed by atoms with Crippen molar-refractivity contribution in [2.75, 3.05) is 6.61 Å². The molecule has 35 heavy (non-hydrogen) atoms. The van der Waals surface area contributed by atoms with E-state index >= 15 is 0 Å². The van der Waals surface area contributed by atoms with Gasteiger partial charge < -0.3 is 4.74 Å². The highest BCUT2D eigenvalue weighted by atomic mass is 19.2. The Kier molecular flexibility index (Phi) is 7.16. The summed E-state index contributed by atoms with van der Waals surface area (Å²) in [4.78, 5) is 0. The highest BCUT2D eigenvalue weighted by molar-refractivity contribution is 5.75. The van der Waals surface area contributed by atoms with Crippen molar-refractivity contribution in [2.24, 2.45) is 0 Å². The van der Waals surface area contributed by atoms with Gasteiger partial charge in [0.15, 0.2) is 23.2 Å². The summed E-state index contributed by atoms with van der Waals surface area (Å²) >= 11 is 0. The van der Waals surface area contributed by atoms with Gasteiger partial charge in [-0.2, -0.15) is 4.39 Å². The molecule has 0 amide bonds. The molecule has 0 aliphatic carbocycles. The van der Waals surface area contributed by atoms with Crippen molar-refractivity contribution >= 4 is 12.2 Å². The number of halogens is 4. The van der Waals surface area contributed by atoms with Crippen molar-refractivity contribution in [2.45, 2.75) is 6.92 Å². The molecule has 0 saturated heterocycles. The van der Waals surface area contributed by atoms with Crippen LogP contribution in [0.25, 0.3) is 34.4 Å². The molecule has 0 fully saturated rings. The van der Waals surface area contributed by atoms with Gasteiger partial charge in [-0.15, -0.1) is 0 Å². The first-order chi connectivity index (χ1) is 16.9. The molecule has 4 rings (SSSR count). The maximum Gasteiger partial charge on any atom is 0.201 e. The number of ether oxygens (including phenoxy) is 1. The quantitative estimate of drug-likeness (QED) is 0.148. The SMILES string of the molecule is C=CCOc1ccc(/C=C/c2ccc(-c3ccc(-c4ccc(C)cc4)c(F)c3F)cc2)c(F)c1F. The fourth-order valence-corrected chi connectivity index (χ4v) is 3.62. The first-order valence-corrected chi connectivity index (χ1v) is 10.9. The van der Waals surface area contributed by atoms with Crippen molar-refractivity contribution in [3.05, 3.63) is 125 Å². The van der Waals surface area contributed by atoms with Gasteiger partial charge in [0, 0.05) is 16.7 Å². The summed E-state index contributed by atoms with van der Waals surface area (Å²) < 4.78 is 63.3. The normalized spacial score (nSPS) is 11.1. The van der Waals surface area contributed by atoms with Crippen LogP contribution in [0, 0.1) is 30.2 Å². The van der Waals surface area contributed by atoms with Gasteiger partial charge in [0.1, 0.15) is 6.61 Å². The second-order valence-corrected chi connectivity index (χ2v) is 7.99. The average molecular weight is 474 g/mol. The van der Waals surface area contributed by atoms with Gasteiger partial charge in [-0.05, 0) is 35.7 Å². The third kappa shape index (κ3) is 5.19. The van der Waals surface area contributed by atoms with Crippen LogP contribution >= 0.6 is 0 Å². The van der Waals surface area contributed by atoms with E-state index in [4.69, 9.17) is 4.74 Å². The molecule has 0 N–H and O–H groups in total. The van der Waals surface area contributed by atoms with Crippen LogP contribution < -0.4 is 4.74 Å². The van der Waals surface area contributed by atoms with Crippen molar-refractivity contribution in [3.63, 3.8) is 0 Å². The lowest BCUT2D eigenvalue weighted by Crippen LogP contribution is -1.99. The van der Waals surface area contributed by atoms with E-state index in [9.17, 15) is 17.6 Å². The Labute approximate surface area is 201 Å². The topological polar surface area (TPSA) is 9.23 Å². The highest BCUT2D eigenvalue weighted by Gasteiger charge is 2.16. The van der Waals surface area contributed by atoms with Crippen molar-refractivity contribution < 1.29 is 22.3 Å². The highest BCUT2D eigenvalue weighted by Crippen LogP contribution is 2.32. The molecule has 0 heterocycles. The molecular formula is C30H22F4O. The van der Waals surface area contributed by atoms with Crippen LogP contribution in [0.4, 0.5) is 17.6 Å². The molecular weight excluding hydrogens is 452 g/mol. The Morgan fingerprint density at radius 1 is 0.657 bits per heavy atom. The maximum atomic E-state index is 14.9. The smallest absolute Gasteiger partial charge is 0.201 e. The van der Waals surface area contributed by atoms with Crippen molar-refractivity contribution in [1.82, 2.24) is 0 Å². The molecule has 176 valence electrons. The molecule has 0 saturated carbocycles. The van der Waals surface area contributed by atoms with Gasteiger partial charge in [0.25, 0.3) is 0 Å². The van der Waals surface area contributed by atoms with Gasteiger partial charge in [-0.3, -0.25) is 0 Å². The zero-order valence-electron chi connectivity index (χ0n) is 19.0. The standard InChI is InChI=1S/C30H22F4O/c1-3-18-35-26-17-14-23(27(31)30(26)34)13-8-20-6-11-22(12-7-20)25-16-15-24(28(32)29(25)33)21-9-4-19(2)5-10-21/h3-17H,1,18H2,2H3/b13-8+. The molecule has 0 bridgehead atoms. The summed E-state index contributed by atoms with van der Waals surface area (Å²) in [5, 5.41) is 0. The zero-order valence-corrected chi connectivity index (χ0v) is 19.0. The molecule has 0 aromatic heterocycles. The maximum absolute atomic E-state index is 14.9. The first-order valence-electron chi connectivity index (χ1n) is 10.9. The minimum atomic E-state index is -1.07. The van der Waals surface area contributed by atoms with Gasteiger partial charge >= 0.3 is 0 Å². The van der Waals surface area contributed by atoms with E-state index in [1.807, 2.05) is 19.1 Å². The van der Waals surface area contributed by atoms with Crippen LogP contribution in [0.15, 0.2) is 85.5 Å². The summed E-state index contributed by atoms with van der Waals surface area (Å²) in [6.07, 6.45) is 4.47. The molecule has 4 aromatic carbocycles. The average Bonchev–Trinajstić information content (AvgIpc) is 2.87. The largest absolute Gasteiger partial charge is 0.486 e. The molecule has 0 aliphatic heterocycles. The third-order valence-corrected chi connectivity index (χ3v) is 5.56. The summed E-state index contributed by atoms with van der Waals surface area (Å²) in [6, 6.07) is 19.7. The van der Waals surface area contributed by atoms with Crippen molar-refractivity contribution in [1.29, 1.82) is 0 Å². The van der Waals surface area contributed by atoms with E-state index in [1.165, 1.54) is 24.3 Å². The minimum Gasteiger partial charge on any atom is -0.486 e. The Morgan fingerprint density at radius 3 is 1.80 bits per heavy atom. The summed E-state index contributed by atoms with van der Waals surface area (Å²) in [7, 11) is 0. The fraction of sp³-hybridized carbons (Fsp3) is 0.0667. The number of aryl methyl sites for hydroxylation is 1. The van der Waals surface area contributed by atoms with Crippen molar-refractivity contribution in [3.8, 4) is 28.0 Å². The predicted molar refractivity (Wildman–Crippen MR) is 133 cm³/mol. The predicted octanol–water partition coefficient (Wildman–Crippen LogP) is 8.62. The van der Waals surface area contributed by atoms with Gasteiger partial charge in [-0.25, -0.2) is 13.2 Å². The Hall–Kier alpha value is -4.12. The van der Waals surface area contributed by atoms with Crippen LogP contribution in [-0.2, 0) is 0 Å². The number of hydrogen-bond donors (Lipinski definition) is 0. The van der Waals surface area contributed by atoms with Crippen LogP contribution in [-0.4, -0.2) is 6.61 Å². The Balaban J connectivity index is 1.55. The summed E-state index contributed by atoms with van der Waals surface area (Å²) in [5.74, 6) is -4.12. The Bertz CT molecular complexity index is 1390. The molecule has 0 atom stereocenters. The lowest BCUT2D eigenvalue weighted by atomic mass is 9.97. The van der Waals surface area contributed by atoms with E-state index in [-0.39, 0.29) is 29.0 Å². The zero-order chi connectivity index (χ0) is 24.9. The van der Waals surface area contributed by atoms with E-state index in [0.717, 1.165) is 5.56 Å². The van der Waals surface area contributed by atoms with Gasteiger partial charge in [0.05, 0.1) is 0 Å². The molecule has 5 heteroatoms. The van der Waals surface area contributed by atoms with Gasteiger partial charge in [-0.1, -0.05) is 91.0 Å². The van der Waals surface area contributed by atoms with E-state index in [0.29, 0.717) is 16.7 Å². The molecule has 4 aromatic rings. The lowest BCUT2D eigenvalue weighted by molar-refractivity contribution is 0.332. The van der Waals surface area contributed by atoms with Gasteiger partial charge in [0.2, 0.25) is 5.82 Å². The Morgan fingerprint density at radius 2 is 1.23 bits per heavy atom. The third-order valence-electron chi connectivity index (χ3n) is 5.56. The first kappa shape index (κ1) is 24.0. The van der Waals surface area contributed by atoms with E-state index in [2.05, 4.69) is 6.58 Å². The molecule has 1 nitrogen and oxygen atoms in total. The summed E-state index contributed by atoms with van der Waals surface area (Å²) in [6.45, 7) is 5.46. The second-order valence-electron chi connectivity index (χ2n) is 7.99. The second kappa shape index (κ2) is 10.4. The minimum absolute atomic E-state index is 0.0531. The molecule has 0 spiro atoms. The molecule has 0 aliphatic rings. The van der Waals surface area contributed by atoms with Crippen LogP contribution in [0.5, 0.6) is 5.75 Å².